The first-order valence-electron chi connectivity index (χ1n) is 5.21. The highest BCUT2D eigenvalue weighted by molar-refractivity contribution is 7.85. The maximum absolute atomic E-state index is 10.7. The average molecular weight is 243 g/mol. The fourth-order valence-electron chi connectivity index (χ4n) is 1.62. The third kappa shape index (κ3) is 3.83. The summed E-state index contributed by atoms with van der Waals surface area (Å²) in [5.41, 5.74) is 2.91. The zero-order chi connectivity index (χ0) is 12.2. The second-order valence-corrected chi connectivity index (χ2v) is 5.24. The fraction of sp³-hybridized carbons (Fsp3) is 0.455. The minimum absolute atomic E-state index is 0.240. The zero-order valence-corrected chi connectivity index (χ0v) is 10.3. The molecule has 2 N–H and O–H groups in total. The van der Waals surface area contributed by atoms with E-state index >= 15 is 0 Å². The Kier molecular flexibility index (Phi) is 4.32. The third-order valence-electron chi connectivity index (χ3n) is 2.39. The van der Waals surface area contributed by atoms with Crippen LogP contribution in [0.4, 0.5) is 5.69 Å². The first kappa shape index (κ1) is 13.0. The number of aryl methyl sites for hydroxylation is 1. The molecule has 4 nitrogen and oxygen atoms in total. The van der Waals surface area contributed by atoms with E-state index in [-0.39, 0.29) is 5.75 Å². The third-order valence-corrected chi connectivity index (χ3v) is 3.11. The summed E-state index contributed by atoms with van der Waals surface area (Å²) in [7, 11) is -3.90. The van der Waals surface area contributed by atoms with Gasteiger partial charge in [-0.3, -0.25) is 4.55 Å². The van der Waals surface area contributed by atoms with Crippen molar-refractivity contribution in [2.75, 3.05) is 17.6 Å². The smallest absolute Gasteiger partial charge is 0.265 e. The molecule has 0 spiro atoms. The molecular formula is C11H17NO3S. The van der Waals surface area contributed by atoms with Crippen LogP contribution in [0, 0.1) is 6.92 Å². The van der Waals surface area contributed by atoms with Crippen molar-refractivity contribution in [1.29, 1.82) is 0 Å². The molecule has 0 heterocycles. The van der Waals surface area contributed by atoms with E-state index in [4.69, 9.17) is 4.55 Å². The standard InChI is InChI=1S/C11H17NO3S/c1-3-12-11-6-4-5-9(2)10(11)7-8-16(13,14)15/h4-6,12H,3,7-8H2,1-2H3,(H,13,14,15). The maximum atomic E-state index is 10.7. The Balaban J connectivity index is 2.92. The highest BCUT2D eigenvalue weighted by atomic mass is 32.2. The Bertz CT molecular complexity index is 454. The first-order valence-corrected chi connectivity index (χ1v) is 6.82. The fourth-order valence-corrected chi connectivity index (χ4v) is 2.08. The van der Waals surface area contributed by atoms with E-state index < -0.39 is 10.1 Å². The lowest BCUT2D eigenvalue weighted by Crippen LogP contribution is -2.10. The highest BCUT2D eigenvalue weighted by Crippen LogP contribution is 2.20. The molecule has 0 saturated heterocycles. The van der Waals surface area contributed by atoms with Crippen molar-refractivity contribution in [2.45, 2.75) is 20.3 Å². The molecule has 0 atom stereocenters. The molecule has 1 aromatic rings. The number of hydrogen-bond donors (Lipinski definition) is 2. The van der Waals surface area contributed by atoms with Gasteiger partial charge in [-0.25, -0.2) is 0 Å². The molecule has 0 aliphatic rings. The van der Waals surface area contributed by atoms with Gasteiger partial charge >= 0.3 is 0 Å². The van der Waals surface area contributed by atoms with E-state index in [0.29, 0.717) is 6.42 Å². The van der Waals surface area contributed by atoms with Crippen LogP contribution in [-0.4, -0.2) is 25.3 Å². The lowest BCUT2D eigenvalue weighted by atomic mass is 10.0. The molecule has 1 rings (SSSR count). The van der Waals surface area contributed by atoms with Gasteiger partial charge in [0.2, 0.25) is 0 Å². The van der Waals surface area contributed by atoms with Gasteiger partial charge in [0.1, 0.15) is 0 Å². The number of rotatable bonds is 5. The summed E-state index contributed by atoms with van der Waals surface area (Å²) in [6.45, 7) is 4.69. The quantitative estimate of drug-likeness (QED) is 0.775. The second kappa shape index (κ2) is 5.32. The topological polar surface area (TPSA) is 66.4 Å². The van der Waals surface area contributed by atoms with Gasteiger partial charge in [-0.2, -0.15) is 8.42 Å². The van der Waals surface area contributed by atoms with Gasteiger partial charge in [-0.15, -0.1) is 0 Å². The molecule has 0 bridgehead atoms. The van der Waals surface area contributed by atoms with Crippen molar-refractivity contribution in [3.8, 4) is 0 Å². The summed E-state index contributed by atoms with van der Waals surface area (Å²) >= 11 is 0. The van der Waals surface area contributed by atoms with Gasteiger partial charge in [0, 0.05) is 12.2 Å². The molecule has 0 fully saturated rings. The van der Waals surface area contributed by atoms with Gasteiger partial charge in [0.05, 0.1) is 5.75 Å². The van der Waals surface area contributed by atoms with Crippen molar-refractivity contribution in [3.05, 3.63) is 29.3 Å². The molecule has 1 aromatic carbocycles. The van der Waals surface area contributed by atoms with Crippen LogP contribution in [0.15, 0.2) is 18.2 Å². The van der Waals surface area contributed by atoms with Crippen LogP contribution in [0.1, 0.15) is 18.1 Å². The minimum Gasteiger partial charge on any atom is -0.385 e. The van der Waals surface area contributed by atoms with Crippen molar-refractivity contribution in [2.24, 2.45) is 0 Å². The van der Waals surface area contributed by atoms with Gasteiger partial charge in [-0.1, -0.05) is 12.1 Å². The van der Waals surface area contributed by atoms with Gasteiger partial charge in [0.15, 0.2) is 0 Å². The van der Waals surface area contributed by atoms with E-state index in [0.717, 1.165) is 23.4 Å². The van der Waals surface area contributed by atoms with Crippen LogP contribution in [0.3, 0.4) is 0 Å². The molecule has 0 amide bonds. The van der Waals surface area contributed by atoms with E-state index in [1.54, 1.807) is 0 Å². The lowest BCUT2D eigenvalue weighted by molar-refractivity contribution is 0.482. The summed E-state index contributed by atoms with van der Waals surface area (Å²) in [6.07, 6.45) is 0.327. The number of hydrogen-bond acceptors (Lipinski definition) is 3. The summed E-state index contributed by atoms with van der Waals surface area (Å²) in [5.74, 6) is -0.240. The average Bonchev–Trinajstić information content (AvgIpc) is 2.15. The summed E-state index contributed by atoms with van der Waals surface area (Å²) in [5, 5.41) is 3.18. The molecule has 0 aliphatic heterocycles. The number of nitrogens with one attached hydrogen (secondary N) is 1. The molecule has 90 valence electrons. The van der Waals surface area contributed by atoms with Gasteiger partial charge in [0.25, 0.3) is 10.1 Å². The van der Waals surface area contributed by atoms with E-state index in [2.05, 4.69) is 5.32 Å². The maximum Gasteiger partial charge on any atom is 0.265 e. The summed E-state index contributed by atoms with van der Waals surface area (Å²) < 4.78 is 30.2. The minimum atomic E-state index is -3.90. The largest absolute Gasteiger partial charge is 0.385 e. The number of anilines is 1. The van der Waals surface area contributed by atoms with Crippen molar-refractivity contribution in [1.82, 2.24) is 0 Å². The van der Waals surface area contributed by atoms with E-state index in [1.807, 2.05) is 32.0 Å². The molecule has 0 unspecified atom stereocenters. The highest BCUT2D eigenvalue weighted by Gasteiger charge is 2.10. The Morgan fingerprint density at radius 2 is 2.06 bits per heavy atom. The van der Waals surface area contributed by atoms with Crippen LogP contribution in [0.25, 0.3) is 0 Å². The molecule has 16 heavy (non-hydrogen) atoms. The van der Waals surface area contributed by atoms with Crippen molar-refractivity contribution < 1.29 is 13.0 Å². The molecule has 0 radical (unpaired) electrons. The van der Waals surface area contributed by atoms with E-state index in [1.165, 1.54) is 0 Å². The normalized spacial score (nSPS) is 11.4. The van der Waals surface area contributed by atoms with Crippen LogP contribution >= 0.6 is 0 Å². The van der Waals surface area contributed by atoms with Crippen LogP contribution in [-0.2, 0) is 16.5 Å². The van der Waals surface area contributed by atoms with Crippen LogP contribution in [0.2, 0.25) is 0 Å². The second-order valence-electron chi connectivity index (χ2n) is 3.67. The van der Waals surface area contributed by atoms with Crippen LogP contribution in [0.5, 0.6) is 0 Å². The monoisotopic (exact) mass is 243 g/mol. The first-order chi connectivity index (χ1) is 7.44. The molecule has 0 saturated carbocycles. The predicted octanol–water partition coefficient (Wildman–Crippen LogP) is 1.86. The number of benzene rings is 1. The lowest BCUT2D eigenvalue weighted by Gasteiger charge is -2.12. The Labute approximate surface area is 96.4 Å². The molecule has 5 heteroatoms. The SMILES string of the molecule is CCNc1cccc(C)c1CCS(=O)(=O)O. The Morgan fingerprint density at radius 3 is 2.62 bits per heavy atom. The predicted molar refractivity (Wildman–Crippen MR) is 65.5 cm³/mol. The van der Waals surface area contributed by atoms with Crippen molar-refractivity contribution in [3.63, 3.8) is 0 Å². The molecular weight excluding hydrogens is 226 g/mol. The zero-order valence-electron chi connectivity index (χ0n) is 9.53. The van der Waals surface area contributed by atoms with Gasteiger partial charge in [-0.05, 0) is 37.5 Å². The summed E-state index contributed by atoms with van der Waals surface area (Å²) in [4.78, 5) is 0. The summed E-state index contributed by atoms with van der Waals surface area (Å²) in [6, 6.07) is 5.76. The van der Waals surface area contributed by atoms with Gasteiger partial charge < -0.3 is 5.32 Å². The van der Waals surface area contributed by atoms with Crippen LogP contribution < -0.4 is 5.32 Å². The van der Waals surface area contributed by atoms with Crippen molar-refractivity contribution >= 4 is 15.8 Å². The molecule has 0 aliphatic carbocycles. The Hall–Kier alpha value is -1.07. The molecule has 0 aromatic heterocycles. The van der Waals surface area contributed by atoms with E-state index in [9.17, 15) is 8.42 Å². The Morgan fingerprint density at radius 1 is 1.38 bits per heavy atom.